The molecule has 1 aliphatic heterocycles. The number of amides is 1. The summed E-state index contributed by atoms with van der Waals surface area (Å²) in [5.74, 6) is 0.917. The highest BCUT2D eigenvalue weighted by Crippen LogP contribution is 2.23. The summed E-state index contributed by atoms with van der Waals surface area (Å²) in [5, 5.41) is -0.991. The summed E-state index contributed by atoms with van der Waals surface area (Å²) in [6.45, 7) is 11.3. The SMILES string of the molecule is CC1CC(C)CN(C(=O)C(C)S(=O)(=O)Cc2ccc(C(C)C)cc2)C1. The van der Waals surface area contributed by atoms with Gasteiger partial charge in [0.15, 0.2) is 9.84 Å². The van der Waals surface area contributed by atoms with Crippen LogP contribution in [-0.4, -0.2) is 37.6 Å². The zero-order valence-electron chi connectivity index (χ0n) is 16.0. The molecular formula is C20H31NO3S. The minimum Gasteiger partial charge on any atom is -0.341 e. The fourth-order valence-corrected chi connectivity index (χ4v) is 4.97. The molecule has 1 aromatic rings. The minimum absolute atomic E-state index is 0.0861. The molecule has 1 fully saturated rings. The van der Waals surface area contributed by atoms with E-state index in [2.05, 4.69) is 27.7 Å². The topological polar surface area (TPSA) is 54.5 Å². The van der Waals surface area contributed by atoms with Crippen LogP contribution in [0.4, 0.5) is 0 Å². The zero-order chi connectivity index (χ0) is 18.8. The first kappa shape index (κ1) is 20.0. The van der Waals surface area contributed by atoms with Crippen molar-refractivity contribution in [3.63, 3.8) is 0 Å². The number of sulfone groups is 1. The van der Waals surface area contributed by atoms with Gasteiger partial charge in [0.25, 0.3) is 0 Å². The highest BCUT2D eigenvalue weighted by Gasteiger charge is 2.34. The van der Waals surface area contributed by atoms with Gasteiger partial charge in [-0.25, -0.2) is 8.42 Å². The van der Waals surface area contributed by atoms with Crippen LogP contribution in [0.15, 0.2) is 24.3 Å². The van der Waals surface area contributed by atoms with Crippen molar-refractivity contribution in [1.82, 2.24) is 4.90 Å². The normalized spacial score (nSPS) is 22.9. The van der Waals surface area contributed by atoms with Gasteiger partial charge in [0.05, 0.1) is 5.75 Å². The number of benzene rings is 1. The number of nitrogens with zero attached hydrogens (tertiary/aromatic N) is 1. The Hall–Kier alpha value is -1.36. The van der Waals surface area contributed by atoms with Gasteiger partial charge in [-0.15, -0.1) is 0 Å². The second-order valence-electron chi connectivity index (χ2n) is 8.03. The van der Waals surface area contributed by atoms with Crippen LogP contribution in [0.2, 0.25) is 0 Å². The van der Waals surface area contributed by atoms with E-state index in [1.54, 1.807) is 4.90 Å². The second kappa shape index (κ2) is 7.90. The Kier molecular flexibility index (Phi) is 6.30. The number of hydrogen-bond donors (Lipinski definition) is 0. The van der Waals surface area contributed by atoms with Crippen molar-refractivity contribution in [2.24, 2.45) is 11.8 Å². The van der Waals surface area contributed by atoms with E-state index in [4.69, 9.17) is 0 Å². The first-order chi connectivity index (χ1) is 11.6. The summed E-state index contributed by atoms with van der Waals surface area (Å²) in [4.78, 5) is 14.5. The first-order valence-electron chi connectivity index (χ1n) is 9.19. The molecule has 5 heteroatoms. The van der Waals surface area contributed by atoms with Crippen molar-refractivity contribution in [3.05, 3.63) is 35.4 Å². The molecule has 4 nitrogen and oxygen atoms in total. The largest absolute Gasteiger partial charge is 0.341 e. The molecule has 0 N–H and O–H groups in total. The fourth-order valence-electron chi connectivity index (χ4n) is 3.61. The highest BCUT2D eigenvalue weighted by atomic mass is 32.2. The molecule has 25 heavy (non-hydrogen) atoms. The van der Waals surface area contributed by atoms with Gasteiger partial charge in [0.1, 0.15) is 5.25 Å². The van der Waals surface area contributed by atoms with E-state index in [-0.39, 0.29) is 11.7 Å². The average molecular weight is 366 g/mol. The predicted octanol–water partition coefficient (Wildman–Crippen LogP) is 3.62. The van der Waals surface area contributed by atoms with E-state index >= 15 is 0 Å². The quantitative estimate of drug-likeness (QED) is 0.801. The Morgan fingerprint density at radius 3 is 2.08 bits per heavy atom. The molecule has 3 unspecified atom stereocenters. The second-order valence-corrected chi connectivity index (χ2v) is 10.4. The molecular weight excluding hydrogens is 334 g/mol. The van der Waals surface area contributed by atoms with Crippen molar-refractivity contribution in [3.8, 4) is 0 Å². The monoisotopic (exact) mass is 365 g/mol. The van der Waals surface area contributed by atoms with Crippen LogP contribution in [0.1, 0.15) is 58.1 Å². The molecule has 1 heterocycles. The lowest BCUT2D eigenvalue weighted by Gasteiger charge is -2.36. The molecule has 0 saturated carbocycles. The van der Waals surface area contributed by atoms with Crippen LogP contribution >= 0.6 is 0 Å². The van der Waals surface area contributed by atoms with Gasteiger partial charge in [-0.3, -0.25) is 4.79 Å². The van der Waals surface area contributed by atoms with E-state index < -0.39 is 15.1 Å². The number of likely N-dealkylation sites (tertiary alicyclic amines) is 1. The molecule has 140 valence electrons. The smallest absolute Gasteiger partial charge is 0.240 e. The zero-order valence-corrected chi connectivity index (χ0v) is 16.8. The van der Waals surface area contributed by atoms with Gasteiger partial charge in [0, 0.05) is 13.1 Å². The highest BCUT2D eigenvalue weighted by molar-refractivity contribution is 7.92. The molecule has 1 saturated heterocycles. The predicted molar refractivity (Wildman–Crippen MR) is 102 cm³/mol. The third kappa shape index (κ3) is 5.06. The number of rotatable bonds is 5. The Balaban J connectivity index is 2.08. The minimum atomic E-state index is -3.52. The maximum absolute atomic E-state index is 12.7. The van der Waals surface area contributed by atoms with Crippen LogP contribution in [-0.2, 0) is 20.4 Å². The Labute approximate surface area is 152 Å². The van der Waals surface area contributed by atoms with Crippen molar-refractivity contribution < 1.29 is 13.2 Å². The van der Waals surface area contributed by atoms with Gasteiger partial charge in [-0.2, -0.15) is 0 Å². The van der Waals surface area contributed by atoms with Crippen molar-refractivity contribution >= 4 is 15.7 Å². The standard InChI is InChI=1S/C20H31NO3S/c1-14(2)19-8-6-18(7-9-19)13-25(23,24)17(5)20(22)21-11-15(3)10-16(4)12-21/h6-9,14-17H,10-13H2,1-5H3. The lowest BCUT2D eigenvalue weighted by Crippen LogP contribution is -2.48. The molecule has 3 atom stereocenters. The summed E-state index contributed by atoms with van der Waals surface area (Å²) in [6, 6.07) is 7.65. The molecule has 1 amide bonds. The average Bonchev–Trinajstić information content (AvgIpc) is 2.52. The van der Waals surface area contributed by atoms with Gasteiger partial charge in [0.2, 0.25) is 5.91 Å². The maximum Gasteiger partial charge on any atom is 0.240 e. The van der Waals surface area contributed by atoms with Crippen molar-refractivity contribution in [2.75, 3.05) is 13.1 Å². The molecule has 0 radical (unpaired) electrons. The van der Waals surface area contributed by atoms with Crippen LogP contribution in [0.3, 0.4) is 0 Å². The number of hydrogen-bond acceptors (Lipinski definition) is 3. The maximum atomic E-state index is 12.7. The van der Waals surface area contributed by atoms with Crippen LogP contribution in [0, 0.1) is 11.8 Å². The third-order valence-electron chi connectivity index (χ3n) is 5.08. The molecule has 0 spiro atoms. The third-order valence-corrected chi connectivity index (χ3v) is 7.10. The van der Waals surface area contributed by atoms with E-state index in [1.807, 2.05) is 24.3 Å². The van der Waals surface area contributed by atoms with E-state index in [1.165, 1.54) is 12.5 Å². The molecule has 1 aliphatic rings. The van der Waals surface area contributed by atoms with Gasteiger partial charge < -0.3 is 4.90 Å². The summed E-state index contributed by atoms with van der Waals surface area (Å²) in [5.41, 5.74) is 1.92. The molecule has 2 rings (SSSR count). The molecule has 1 aromatic carbocycles. The van der Waals surface area contributed by atoms with Gasteiger partial charge in [-0.05, 0) is 42.2 Å². The van der Waals surface area contributed by atoms with Crippen LogP contribution in [0.25, 0.3) is 0 Å². The number of carbonyl (C=O) groups is 1. The van der Waals surface area contributed by atoms with Gasteiger partial charge in [-0.1, -0.05) is 52.0 Å². The Morgan fingerprint density at radius 2 is 1.60 bits per heavy atom. The Morgan fingerprint density at radius 1 is 1.08 bits per heavy atom. The summed E-state index contributed by atoms with van der Waals surface area (Å²) in [6.07, 6.45) is 1.09. The summed E-state index contributed by atoms with van der Waals surface area (Å²) in [7, 11) is -3.52. The summed E-state index contributed by atoms with van der Waals surface area (Å²) < 4.78 is 25.4. The summed E-state index contributed by atoms with van der Waals surface area (Å²) >= 11 is 0. The van der Waals surface area contributed by atoms with E-state index in [9.17, 15) is 13.2 Å². The lowest BCUT2D eigenvalue weighted by atomic mass is 9.92. The van der Waals surface area contributed by atoms with Crippen LogP contribution in [0.5, 0.6) is 0 Å². The van der Waals surface area contributed by atoms with E-state index in [0.717, 1.165) is 12.0 Å². The first-order valence-corrected chi connectivity index (χ1v) is 10.9. The van der Waals surface area contributed by atoms with Gasteiger partial charge >= 0.3 is 0 Å². The van der Waals surface area contributed by atoms with Crippen molar-refractivity contribution in [1.29, 1.82) is 0 Å². The van der Waals surface area contributed by atoms with E-state index in [0.29, 0.717) is 30.8 Å². The Bertz CT molecular complexity index is 684. The molecule has 0 bridgehead atoms. The van der Waals surface area contributed by atoms with Crippen LogP contribution < -0.4 is 0 Å². The molecule has 0 aliphatic carbocycles. The number of carbonyl (C=O) groups excluding carboxylic acids is 1. The molecule has 0 aromatic heterocycles. The lowest BCUT2D eigenvalue weighted by molar-refractivity contribution is -0.133. The van der Waals surface area contributed by atoms with Crippen molar-refractivity contribution in [2.45, 2.75) is 58.0 Å². The fraction of sp³-hybridized carbons (Fsp3) is 0.650. The number of piperidine rings is 1.